The molecule has 1 N–H and O–H groups in total. The van der Waals surface area contributed by atoms with E-state index in [-0.39, 0.29) is 10.2 Å². The van der Waals surface area contributed by atoms with E-state index in [4.69, 9.17) is 9.47 Å². The maximum atomic E-state index is 12.4. The van der Waals surface area contributed by atoms with Crippen LogP contribution in [0.3, 0.4) is 0 Å². The number of aromatic amines is 1. The van der Waals surface area contributed by atoms with Crippen molar-refractivity contribution in [2.24, 2.45) is 0 Å². The van der Waals surface area contributed by atoms with Crippen molar-refractivity contribution in [3.63, 3.8) is 0 Å². The molecule has 27 heavy (non-hydrogen) atoms. The van der Waals surface area contributed by atoms with E-state index in [1.54, 1.807) is 0 Å². The average Bonchev–Trinajstić information content (AvgIpc) is 3.00. The Labute approximate surface area is 161 Å². The molecule has 0 saturated carbocycles. The van der Waals surface area contributed by atoms with Gasteiger partial charge in [-0.05, 0) is 52.7 Å². The van der Waals surface area contributed by atoms with Crippen molar-refractivity contribution in [1.29, 1.82) is 0 Å². The van der Waals surface area contributed by atoms with Gasteiger partial charge in [0.1, 0.15) is 23.4 Å². The number of alkyl halides is 3. The average molecular weight is 445 g/mol. The molecule has 144 valence electrons. The van der Waals surface area contributed by atoms with E-state index >= 15 is 0 Å². The molecular weight excluding hydrogens is 429 g/mol. The minimum atomic E-state index is -4.76. The smallest absolute Gasteiger partial charge is 0.494 e. The zero-order valence-corrected chi connectivity index (χ0v) is 16.0. The second-order valence-electron chi connectivity index (χ2n) is 5.59. The topological polar surface area (TPSA) is 56.4 Å². The van der Waals surface area contributed by atoms with Crippen LogP contribution >= 0.6 is 15.9 Å². The van der Waals surface area contributed by atoms with Crippen LogP contribution in [0.25, 0.3) is 11.0 Å². The van der Waals surface area contributed by atoms with Gasteiger partial charge in [-0.1, -0.05) is 6.07 Å². The van der Waals surface area contributed by atoms with E-state index in [0.29, 0.717) is 29.3 Å². The van der Waals surface area contributed by atoms with Crippen LogP contribution in [-0.4, -0.2) is 30.0 Å². The van der Waals surface area contributed by atoms with Crippen LogP contribution in [0.5, 0.6) is 11.5 Å². The van der Waals surface area contributed by atoms with Crippen LogP contribution in [0.2, 0.25) is 0 Å². The Morgan fingerprint density at radius 2 is 1.96 bits per heavy atom. The Balaban J connectivity index is 1.92. The quantitative estimate of drug-likeness (QED) is 0.555. The molecule has 1 atom stereocenters. The number of halogens is 4. The lowest BCUT2D eigenvalue weighted by Crippen LogP contribution is -2.17. The maximum absolute atomic E-state index is 12.4. The predicted molar refractivity (Wildman–Crippen MR) is 96.9 cm³/mol. The summed E-state index contributed by atoms with van der Waals surface area (Å²) in [6.07, 6.45) is -5.36. The van der Waals surface area contributed by atoms with E-state index in [9.17, 15) is 13.2 Å². The minimum Gasteiger partial charge on any atom is -0.494 e. The Kier molecular flexibility index (Phi) is 5.61. The van der Waals surface area contributed by atoms with Crippen molar-refractivity contribution in [3.05, 3.63) is 52.3 Å². The summed E-state index contributed by atoms with van der Waals surface area (Å²) in [5.41, 5.74) is 2.11. The number of rotatable bonds is 6. The van der Waals surface area contributed by atoms with Crippen molar-refractivity contribution in [2.45, 2.75) is 19.4 Å². The van der Waals surface area contributed by atoms with E-state index in [0.717, 1.165) is 5.52 Å². The highest BCUT2D eigenvalue weighted by molar-refractivity contribution is 9.10. The van der Waals surface area contributed by atoms with Crippen LogP contribution in [0.4, 0.5) is 13.2 Å². The fraction of sp³-hybridized carbons (Fsp3) is 0.278. The van der Waals surface area contributed by atoms with Crippen molar-refractivity contribution >= 4 is 27.0 Å². The number of nitrogens with zero attached hydrogens (tertiary/aromatic N) is 1. The standard InChI is InChI=1S/C18H16BrF3N2O3/c1-3-26-11-5-6-13-14(9-11)24-17(23-13)16(25-2)10-4-7-15(12(19)8-10)27-18(20,21)22/h4-9,16H,3H2,1-2H3,(H,23,24). The molecule has 3 rings (SSSR count). The highest BCUT2D eigenvalue weighted by Gasteiger charge is 2.32. The highest BCUT2D eigenvalue weighted by Crippen LogP contribution is 2.35. The van der Waals surface area contributed by atoms with Gasteiger partial charge in [0, 0.05) is 13.2 Å². The van der Waals surface area contributed by atoms with Gasteiger partial charge in [0.05, 0.1) is 22.1 Å². The van der Waals surface area contributed by atoms with E-state index in [1.807, 2.05) is 25.1 Å². The molecule has 0 spiro atoms. The monoisotopic (exact) mass is 444 g/mol. The second kappa shape index (κ2) is 7.77. The van der Waals surface area contributed by atoms with Crippen LogP contribution in [0.1, 0.15) is 24.4 Å². The number of ether oxygens (including phenoxy) is 3. The summed E-state index contributed by atoms with van der Waals surface area (Å²) in [6, 6.07) is 9.72. The first kappa shape index (κ1) is 19.5. The molecule has 0 radical (unpaired) electrons. The van der Waals surface area contributed by atoms with Gasteiger partial charge in [-0.25, -0.2) is 4.98 Å². The van der Waals surface area contributed by atoms with Gasteiger partial charge in [0.2, 0.25) is 0 Å². The first-order valence-corrected chi connectivity index (χ1v) is 8.80. The summed E-state index contributed by atoms with van der Waals surface area (Å²) in [6.45, 7) is 2.44. The number of hydrogen-bond acceptors (Lipinski definition) is 4. The van der Waals surface area contributed by atoms with Crippen LogP contribution in [0, 0.1) is 0 Å². The normalized spacial score (nSPS) is 13.0. The van der Waals surface area contributed by atoms with Gasteiger partial charge in [-0.3, -0.25) is 0 Å². The van der Waals surface area contributed by atoms with E-state index < -0.39 is 12.5 Å². The van der Waals surface area contributed by atoms with Crippen LogP contribution < -0.4 is 9.47 Å². The fourth-order valence-corrected chi connectivity index (χ4v) is 3.16. The zero-order valence-electron chi connectivity index (χ0n) is 14.4. The molecule has 0 amide bonds. The van der Waals surface area contributed by atoms with Crippen molar-refractivity contribution < 1.29 is 27.4 Å². The Hall–Kier alpha value is -2.26. The Morgan fingerprint density at radius 3 is 2.59 bits per heavy atom. The molecule has 0 saturated heterocycles. The third-order valence-electron chi connectivity index (χ3n) is 3.75. The Bertz CT molecular complexity index is 943. The molecule has 5 nitrogen and oxygen atoms in total. The van der Waals surface area contributed by atoms with E-state index in [1.165, 1.54) is 25.3 Å². The molecule has 0 bridgehead atoms. The fourth-order valence-electron chi connectivity index (χ4n) is 2.68. The molecule has 1 heterocycles. The number of aromatic nitrogens is 2. The molecule has 3 aromatic rings. The maximum Gasteiger partial charge on any atom is 0.573 e. The first-order valence-electron chi connectivity index (χ1n) is 8.01. The molecular formula is C18H16BrF3N2O3. The van der Waals surface area contributed by atoms with Crippen molar-refractivity contribution in [1.82, 2.24) is 9.97 Å². The predicted octanol–water partition coefficient (Wildman–Crippen LogP) is 5.36. The number of imidazole rings is 1. The lowest BCUT2D eigenvalue weighted by Gasteiger charge is -2.16. The number of benzene rings is 2. The van der Waals surface area contributed by atoms with Gasteiger partial charge >= 0.3 is 6.36 Å². The highest BCUT2D eigenvalue weighted by atomic mass is 79.9. The van der Waals surface area contributed by atoms with Gasteiger partial charge in [0.25, 0.3) is 0 Å². The summed E-state index contributed by atoms with van der Waals surface area (Å²) >= 11 is 3.10. The van der Waals surface area contributed by atoms with Gasteiger partial charge < -0.3 is 19.2 Å². The summed E-state index contributed by atoms with van der Waals surface area (Å²) in [7, 11) is 1.50. The summed E-state index contributed by atoms with van der Waals surface area (Å²) in [5.74, 6) is 0.901. The molecule has 0 aliphatic carbocycles. The van der Waals surface area contributed by atoms with Crippen molar-refractivity contribution in [2.75, 3.05) is 13.7 Å². The molecule has 9 heteroatoms. The Morgan fingerprint density at radius 1 is 1.19 bits per heavy atom. The van der Waals surface area contributed by atoms with E-state index in [2.05, 4.69) is 30.6 Å². The molecule has 0 aliphatic rings. The van der Waals surface area contributed by atoms with Crippen LogP contribution in [-0.2, 0) is 4.74 Å². The summed E-state index contributed by atoms with van der Waals surface area (Å²) in [5, 5.41) is 0. The SMILES string of the molecule is CCOc1ccc2[nH]c(C(OC)c3ccc(OC(F)(F)F)c(Br)c3)nc2c1. The second-order valence-corrected chi connectivity index (χ2v) is 6.44. The third kappa shape index (κ3) is 4.54. The summed E-state index contributed by atoms with van der Waals surface area (Å²) in [4.78, 5) is 7.70. The molecule has 2 aromatic carbocycles. The lowest BCUT2D eigenvalue weighted by atomic mass is 10.1. The molecule has 0 fully saturated rings. The largest absolute Gasteiger partial charge is 0.573 e. The number of nitrogens with one attached hydrogen (secondary N) is 1. The van der Waals surface area contributed by atoms with Crippen molar-refractivity contribution in [3.8, 4) is 11.5 Å². The molecule has 1 unspecified atom stereocenters. The zero-order chi connectivity index (χ0) is 19.6. The number of fused-ring (bicyclic) bond motifs is 1. The molecule has 0 aliphatic heterocycles. The minimum absolute atomic E-state index is 0.161. The molecule has 1 aromatic heterocycles. The number of hydrogen-bond donors (Lipinski definition) is 1. The van der Waals surface area contributed by atoms with Gasteiger partial charge in [-0.2, -0.15) is 0 Å². The van der Waals surface area contributed by atoms with Gasteiger partial charge in [0.15, 0.2) is 0 Å². The summed E-state index contributed by atoms with van der Waals surface area (Å²) < 4.78 is 52.4. The van der Waals surface area contributed by atoms with Crippen LogP contribution in [0.15, 0.2) is 40.9 Å². The number of methoxy groups -OCH3 is 1. The third-order valence-corrected chi connectivity index (χ3v) is 4.37. The first-order chi connectivity index (χ1) is 12.8. The van der Waals surface area contributed by atoms with Gasteiger partial charge in [-0.15, -0.1) is 13.2 Å². The lowest BCUT2D eigenvalue weighted by molar-refractivity contribution is -0.274. The number of H-pyrrole nitrogens is 1.